The molecule has 0 fully saturated rings. The zero-order chi connectivity index (χ0) is 15.1. The fourth-order valence-corrected chi connectivity index (χ4v) is 5.02. The first-order chi connectivity index (χ1) is 9.27. The van der Waals surface area contributed by atoms with Crippen molar-refractivity contribution >= 4 is 33.1 Å². The first kappa shape index (κ1) is 15.0. The number of sulfone groups is 1. The molecular formula is C12H15NO5S2. The maximum absolute atomic E-state index is 11.9. The molecule has 1 aromatic heterocycles. The predicted molar refractivity (Wildman–Crippen MR) is 73.5 cm³/mol. The summed E-state index contributed by atoms with van der Waals surface area (Å²) in [5.41, 5.74) is 0.715. The SMILES string of the molecule is CCS(=O)(=O)c1cc2c(s1)[C@H](C(=O)O)N(C(C)=O)CC2. The van der Waals surface area contributed by atoms with E-state index in [2.05, 4.69) is 0 Å². The van der Waals surface area contributed by atoms with Crippen LogP contribution in [0.15, 0.2) is 10.3 Å². The number of carboxylic acids is 1. The zero-order valence-corrected chi connectivity index (χ0v) is 12.8. The molecular weight excluding hydrogens is 302 g/mol. The Kier molecular flexibility index (Phi) is 3.88. The van der Waals surface area contributed by atoms with Crippen molar-refractivity contribution in [3.8, 4) is 0 Å². The van der Waals surface area contributed by atoms with Crippen LogP contribution in [0.4, 0.5) is 0 Å². The van der Waals surface area contributed by atoms with Crippen LogP contribution in [0.2, 0.25) is 0 Å². The molecule has 0 saturated heterocycles. The lowest BCUT2D eigenvalue weighted by atomic mass is 10.0. The first-order valence-corrected chi connectivity index (χ1v) is 8.60. The Balaban J connectivity index is 2.53. The third-order valence-corrected chi connectivity index (χ3v) is 6.85. The van der Waals surface area contributed by atoms with Crippen LogP contribution in [0.3, 0.4) is 0 Å². The summed E-state index contributed by atoms with van der Waals surface area (Å²) in [5.74, 6) is -1.49. The molecule has 1 aliphatic heterocycles. The fraction of sp³-hybridized carbons (Fsp3) is 0.500. The summed E-state index contributed by atoms with van der Waals surface area (Å²) in [6.07, 6.45) is 0.481. The van der Waals surface area contributed by atoms with Crippen molar-refractivity contribution in [2.75, 3.05) is 12.3 Å². The Bertz CT molecular complexity index is 661. The van der Waals surface area contributed by atoms with Crippen LogP contribution in [0, 0.1) is 0 Å². The van der Waals surface area contributed by atoms with Crippen LogP contribution in [0.25, 0.3) is 0 Å². The van der Waals surface area contributed by atoms with Crippen LogP contribution in [-0.4, -0.2) is 42.6 Å². The van der Waals surface area contributed by atoms with Crippen LogP contribution < -0.4 is 0 Å². The van der Waals surface area contributed by atoms with E-state index >= 15 is 0 Å². The normalized spacial score (nSPS) is 18.7. The minimum Gasteiger partial charge on any atom is -0.479 e. The molecule has 1 aromatic rings. The summed E-state index contributed by atoms with van der Waals surface area (Å²) >= 11 is 0.962. The van der Waals surface area contributed by atoms with Crippen molar-refractivity contribution in [3.63, 3.8) is 0 Å². The second-order valence-corrected chi connectivity index (χ2v) is 8.15. The molecule has 6 nitrogen and oxygen atoms in total. The van der Waals surface area contributed by atoms with Gasteiger partial charge in [0.1, 0.15) is 4.21 Å². The van der Waals surface area contributed by atoms with E-state index in [4.69, 9.17) is 0 Å². The molecule has 2 rings (SSSR count). The largest absolute Gasteiger partial charge is 0.479 e. The third kappa shape index (κ3) is 2.45. The molecule has 1 aliphatic rings. The van der Waals surface area contributed by atoms with Gasteiger partial charge in [-0.1, -0.05) is 6.92 Å². The van der Waals surface area contributed by atoms with Crippen molar-refractivity contribution < 1.29 is 23.1 Å². The van der Waals surface area contributed by atoms with E-state index in [1.54, 1.807) is 13.0 Å². The quantitative estimate of drug-likeness (QED) is 0.900. The molecule has 0 bridgehead atoms. The van der Waals surface area contributed by atoms with Gasteiger partial charge in [-0.05, 0) is 18.1 Å². The monoisotopic (exact) mass is 317 g/mol. The van der Waals surface area contributed by atoms with Gasteiger partial charge < -0.3 is 10.0 Å². The van der Waals surface area contributed by atoms with Crippen LogP contribution in [0.1, 0.15) is 30.3 Å². The fourth-order valence-electron chi connectivity index (χ4n) is 2.24. The summed E-state index contributed by atoms with van der Waals surface area (Å²) in [6.45, 7) is 3.16. The van der Waals surface area contributed by atoms with Gasteiger partial charge in [0.15, 0.2) is 15.9 Å². The average Bonchev–Trinajstić information content (AvgIpc) is 2.81. The van der Waals surface area contributed by atoms with Crippen molar-refractivity contribution in [2.24, 2.45) is 0 Å². The van der Waals surface area contributed by atoms with E-state index < -0.39 is 21.8 Å². The lowest BCUT2D eigenvalue weighted by molar-refractivity contribution is -0.150. The summed E-state index contributed by atoms with van der Waals surface area (Å²) in [6, 6.07) is 0.466. The maximum atomic E-state index is 11.9. The number of rotatable bonds is 3. The molecule has 0 aliphatic carbocycles. The number of hydrogen-bond acceptors (Lipinski definition) is 5. The minimum atomic E-state index is -3.36. The number of aliphatic carboxylic acids is 1. The van der Waals surface area contributed by atoms with Crippen molar-refractivity contribution in [1.29, 1.82) is 0 Å². The molecule has 0 radical (unpaired) electrons. The van der Waals surface area contributed by atoms with Gasteiger partial charge in [0.2, 0.25) is 5.91 Å². The van der Waals surface area contributed by atoms with Crippen molar-refractivity contribution in [1.82, 2.24) is 4.90 Å². The Morgan fingerprint density at radius 3 is 2.65 bits per heavy atom. The molecule has 1 amide bonds. The zero-order valence-electron chi connectivity index (χ0n) is 11.1. The summed E-state index contributed by atoms with van der Waals surface area (Å²) < 4.78 is 24.0. The molecule has 110 valence electrons. The van der Waals surface area contributed by atoms with Gasteiger partial charge in [-0.15, -0.1) is 11.3 Å². The second-order valence-electron chi connectivity index (χ2n) is 4.56. The first-order valence-electron chi connectivity index (χ1n) is 6.13. The highest BCUT2D eigenvalue weighted by molar-refractivity contribution is 7.93. The van der Waals surface area contributed by atoms with Crippen molar-refractivity contribution in [2.45, 2.75) is 30.5 Å². The average molecular weight is 317 g/mol. The van der Waals surface area contributed by atoms with Gasteiger partial charge in [0.25, 0.3) is 0 Å². The topological polar surface area (TPSA) is 91.8 Å². The highest BCUT2D eigenvalue weighted by Crippen LogP contribution is 2.38. The van der Waals surface area contributed by atoms with E-state index in [1.807, 2.05) is 0 Å². The van der Waals surface area contributed by atoms with Crippen LogP contribution in [-0.2, 0) is 25.8 Å². The van der Waals surface area contributed by atoms with E-state index in [0.29, 0.717) is 23.4 Å². The number of nitrogens with zero attached hydrogens (tertiary/aromatic N) is 1. The Morgan fingerprint density at radius 2 is 2.15 bits per heavy atom. The minimum absolute atomic E-state index is 0.0272. The number of amides is 1. The molecule has 0 spiro atoms. The van der Waals surface area contributed by atoms with Gasteiger partial charge >= 0.3 is 5.97 Å². The molecule has 1 N–H and O–H groups in total. The molecule has 0 saturated carbocycles. The number of carbonyl (C=O) groups is 2. The second kappa shape index (κ2) is 5.17. The summed E-state index contributed by atoms with van der Waals surface area (Å²) in [5, 5.41) is 9.34. The predicted octanol–water partition coefficient (Wildman–Crippen LogP) is 1.07. The van der Waals surface area contributed by atoms with Crippen LogP contribution >= 0.6 is 11.3 Å². The third-order valence-electron chi connectivity index (χ3n) is 3.33. The van der Waals surface area contributed by atoms with E-state index in [1.165, 1.54) is 11.8 Å². The summed E-state index contributed by atoms with van der Waals surface area (Å²) in [4.78, 5) is 24.7. The Hall–Kier alpha value is -1.41. The highest BCUT2D eigenvalue weighted by Gasteiger charge is 2.37. The standard InChI is InChI=1S/C12H15NO5S2/c1-3-20(17,18)9-6-8-4-5-13(7(2)14)10(12(15)16)11(8)19-9/h6,10H,3-5H2,1-2H3,(H,15,16)/t10-/m1/s1. The number of carboxylic acid groups (broad SMARTS) is 1. The lowest BCUT2D eigenvalue weighted by Gasteiger charge is -2.31. The molecule has 8 heteroatoms. The number of hydrogen-bond donors (Lipinski definition) is 1. The molecule has 0 aromatic carbocycles. The van der Waals surface area contributed by atoms with Gasteiger partial charge in [-0.25, -0.2) is 13.2 Å². The molecule has 20 heavy (non-hydrogen) atoms. The smallest absolute Gasteiger partial charge is 0.331 e. The van der Waals surface area contributed by atoms with Gasteiger partial charge in [-0.2, -0.15) is 0 Å². The van der Waals surface area contributed by atoms with E-state index in [0.717, 1.165) is 11.3 Å². The number of fused-ring (bicyclic) bond motifs is 1. The Morgan fingerprint density at radius 1 is 1.50 bits per heavy atom. The lowest BCUT2D eigenvalue weighted by Crippen LogP contribution is -2.41. The Labute approximate surface area is 120 Å². The van der Waals surface area contributed by atoms with Crippen molar-refractivity contribution in [3.05, 3.63) is 16.5 Å². The molecule has 1 atom stereocenters. The number of thiophene rings is 1. The molecule has 0 unspecified atom stereocenters. The highest BCUT2D eigenvalue weighted by atomic mass is 32.2. The van der Waals surface area contributed by atoms with Gasteiger partial charge in [0.05, 0.1) is 5.75 Å². The summed E-state index contributed by atoms with van der Waals surface area (Å²) in [7, 11) is -3.36. The molecule has 2 heterocycles. The van der Waals surface area contributed by atoms with Gasteiger partial charge in [0, 0.05) is 18.3 Å². The van der Waals surface area contributed by atoms with E-state index in [9.17, 15) is 23.1 Å². The maximum Gasteiger partial charge on any atom is 0.331 e. The number of carbonyl (C=O) groups excluding carboxylic acids is 1. The van der Waals surface area contributed by atoms with Gasteiger partial charge in [-0.3, -0.25) is 4.79 Å². The van der Waals surface area contributed by atoms with E-state index in [-0.39, 0.29) is 15.9 Å². The van der Waals surface area contributed by atoms with Crippen LogP contribution in [0.5, 0.6) is 0 Å².